The largest absolute Gasteiger partial charge is 0.513 e. The van der Waals surface area contributed by atoms with Crippen LogP contribution in [0.5, 0.6) is 0 Å². The van der Waals surface area contributed by atoms with Gasteiger partial charge in [-0.1, -0.05) is 6.58 Å². The Hall–Kier alpha value is -0.760. The second-order valence-corrected chi connectivity index (χ2v) is 2.37. The number of hydrogen-bond acceptors (Lipinski definition) is 2. The normalized spacial score (nSPS) is 14.9. The zero-order valence-electron chi connectivity index (χ0n) is 6.81. The average Bonchev–Trinajstić information content (AvgIpc) is 1.85. The van der Waals surface area contributed by atoms with Gasteiger partial charge in [0, 0.05) is 6.04 Å². The van der Waals surface area contributed by atoms with Crippen molar-refractivity contribution in [1.82, 2.24) is 5.32 Å². The lowest BCUT2D eigenvalue weighted by Crippen LogP contribution is -2.22. The summed E-state index contributed by atoms with van der Waals surface area (Å²) < 4.78 is 0. The molecular formula is C8H15NO. The Labute approximate surface area is 62.3 Å². The Balaban J connectivity index is 3.97. The van der Waals surface area contributed by atoms with Crippen LogP contribution in [-0.2, 0) is 0 Å². The van der Waals surface area contributed by atoms with E-state index in [0.29, 0.717) is 5.76 Å². The average molecular weight is 141 g/mol. The van der Waals surface area contributed by atoms with E-state index >= 15 is 0 Å². The molecule has 0 saturated carbocycles. The molecule has 0 saturated heterocycles. The van der Waals surface area contributed by atoms with Gasteiger partial charge >= 0.3 is 0 Å². The molecule has 2 N–H and O–H groups in total. The third-order valence-corrected chi connectivity index (χ3v) is 1.38. The molecule has 0 rings (SSSR count). The smallest absolute Gasteiger partial charge is 0.0894 e. The van der Waals surface area contributed by atoms with Gasteiger partial charge in [-0.05, 0) is 32.5 Å². The quantitative estimate of drug-likeness (QED) is 0.462. The summed E-state index contributed by atoms with van der Waals surface area (Å²) in [5.74, 6) is 0.298. The highest BCUT2D eigenvalue weighted by Gasteiger charge is 1.99. The Kier molecular flexibility index (Phi) is 3.81. The first-order chi connectivity index (χ1) is 4.57. The molecule has 1 unspecified atom stereocenters. The van der Waals surface area contributed by atoms with E-state index in [2.05, 4.69) is 11.9 Å². The minimum atomic E-state index is 0.224. The molecule has 0 aliphatic heterocycles. The highest BCUT2D eigenvalue weighted by molar-refractivity contribution is 5.21. The van der Waals surface area contributed by atoms with Crippen molar-refractivity contribution in [3.63, 3.8) is 0 Å². The van der Waals surface area contributed by atoms with Crippen LogP contribution in [0.2, 0.25) is 0 Å². The molecular weight excluding hydrogens is 126 g/mol. The SMILES string of the molecule is C=C(/C=C(\C)O)C(C)NC. The highest BCUT2D eigenvalue weighted by Crippen LogP contribution is 2.01. The molecule has 0 radical (unpaired) electrons. The fourth-order valence-corrected chi connectivity index (χ4v) is 0.579. The van der Waals surface area contributed by atoms with Crippen LogP contribution in [-0.4, -0.2) is 18.2 Å². The number of allylic oxidation sites excluding steroid dienone is 1. The predicted octanol–water partition coefficient (Wildman–Crippen LogP) is 1.61. The van der Waals surface area contributed by atoms with Gasteiger partial charge in [0.05, 0.1) is 5.76 Å². The van der Waals surface area contributed by atoms with Gasteiger partial charge in [0.25, 0.3) is 0 Å². The van der Waals surface area contributed by atoms with E-state index in [4.69, 9.17) is 5.11 Å². The second kappa shape index (κ2) is 4.12. The van der Waals surface area contributed by atoms with E-state index in [-0.39, 0.29) is 6.04 Å². The van der Waals surface area contributed by atoms with Crippen molar-refractivity contribution < 1.29 is 5.11 Å². The first kappa shape index (κ1) is 9.24. The molecule has 10 heavy (non-hydrogen) atoms. The number of aliphatic hydroxyl groups is 1. The molecule has 0 aliphatic rings. The molecule has 0 bridgehead atoms. The first-order valence-electron chi connectivity index (χ1n) is 3.31. The Morgan fingerprint density at radius 2 is 2.20 bits per heavy atom. The molecule has 0 amide bonds. The van der Waals surface area contributed by atoms with Gasteiger partial charge in [-0.2, -0.15) is 0 Å². The molecule has 0 fully saturated rings. The van der Waals surface area contributed by atoms with Gasteiger partial charge in [-0.3, -0.25) is 0 Å². The van der Waals surface area contributed by atoms with Crippen LogP contribution in [0, 0.1) is 0 Å². The number of hydrogen-bond donors (Lipinski definition) is 2. The summed E-state index contributed by atoms with van der Waals surface area (Å²) in [4.78, 5) is 0. The van der Waals surface area contributed by atoms with Gasteiger partial charge < -0.3 is 10.4 Å². The Morgan fingerprint density at radius 1 is 1.70 bits per heavy atom. The molecule has 0 spiro atoms. The van der Waals surface area contributed by atoms with E-state index in [0.717, 1.165) is 5.57 Å². The Bertz CT molecular complexity index is 145. The molecule has 0 aromatic heterocycles. The summed E-state index contributed by atoms with van der Waals surface area (Å²) >= 11 is 0. The molecule has 58 valence electrons. The minimum Gasteiger partial charge on any atom is -0.513 e. The first-order valence-corrected chi connectivity index (χ1v) is 3.31. The van der Waals surface area contributed by atoms with E-state index in [1.807, 2.05) is 14.0 Å². The van der Waals surface area contributed by atoms with Crippen LogP contribution in [0.1, 0.15) is 13.8 Å². The minimum absolute atomic E-state index is 0.224. The van der Waals surface area contributed by atoms with Gasteiger partial charge in [0.2, 0.25) is 0 Å². The molecule has 0 aromatic carbocycles. The number of nitrogens with one attached hydrogen (secondary N) is 1. The van der Waals surface area contributed by atoms with Crippen LogP contribution in [0.3, 0.4) is 0 Å². The van der Waals surface area contributed by atoms with Crippen molar-refractivity contribution in [2.75, 3.05) is 7.05 Å². The molecule has 1 atom stereocenters. The van der Waals surface area contributed by atoms with Crippen molar-refractivity contribution in [2.24, 2.45) is 0 Å². The standard InChI is InChI=1S/C8H15NO/c1-6(5-7(2)10)8(3)9-4/h5,8-10H,1H2,2-4H3/b7-5+. The summed E-state index contributed by atoms with van der Waals surface area (Å²) in [5, 5.41) is 11.9. The fourth-order valence-electron chi connectivity index (χ4n) is 0.579. The zero-order chi connectivity index (χ0) is 8.15. The number of aliphatic hydroxyl groups excluding tert-OH is 1. The van der Waals surface area contributed by atoms with Crippen molar-refractivity contribution in [3.8, 4) is 0 Å². The van der Waals surface area contributed by atoms with Crippen LogP contribution in [0.15, 0.2) is 24.0 Å². The van der Waals surface area contributed by atoms with Gasteiger partial charge in [-0.15, -0.1) is 0 Å². The highest BCUT2D eigenvalue weighted by atomic mass is 16.3. The zero-order valence-corrected chi connectivity index (χ0v) is 6.81. The number of rotatable bonds is 3. The summed E-state index contributed by atoms with van der Waals surface area (Å²) in [5.41, 5.74) is 0.891. The van der Waals surface area contributed by atoms with E-state index in [9.17, 15) is 0 Å². The second-order valence-electron chi connectivity index (χ2n) is 2.37. The van der Waals surface area contributed by atoms with Crippen LogP contribution < -0.4 is 5.32 Å². The summed E-state index contributed by atoms with van der Waals surface area (Å²) in [6.45, 7) is 7.39. The third-order valence-electron chi connectivity index (χ3n) is 1.38. The molecule has 0 aliphatic carbocycles. The van der Waals surface area contributed by atoms with Gasteiger partial charge in [0.15, 0.2) is 0 Å². The van der Waals surface area contributed by atoms with Crippen molar-refractivity contribution in [3.05, 3.63) is 24.0 Å². The van der Waals surface area contributed by atoms with E-state index in [1.54, 1.807) is 13.0 Å². The van der Waals surface area contributed by atoms with Crippen molar-refractivity contribution in [1.29, 1.82) is 0 Å². The molecule has 2 nitrogen and oxygen atoms in total. The van der Waals surface area contributed by atoms with Crippen molar-refractivity contribution in [2.45, 2.75) is 19.9 Å². The van der Waals surface area contributed by atoms with Crippen molar-refractivity contribution >= 4 is 0 Å². The van der Waals surface area contributed by atoms with Gasteiger partial charge in [0.1, 0.15) is 0 Å². The van der Waals surface area contributed by atoms with Gasteiger partial charge in [-0.25, -0.2) is 0 Å². The van der Waals surface area contributed by atoms with Crippen LogP contribution in [0.4, 0.5) is 0 Å². The number of likely N-dealkylation sites (N-methyl/N-ethyl adjacent to an activating group) is 1. The molecule has 0 heterocycles. The summed E-state index contributed by atoms with van der Waals surface area (Å²) in [6.07, 6.45) is 1.65. The van der Waals surface area contributed by atoms with Crippen LogP contribution >= 0.6 is 0 Å². The topological polar surface area (TPSA) is 32.3 Å². The maximum absolute atomic E-state index is 8.84. The monoisotopic (exact) mass is 141 g/mol. The lowest BCUT2D eigenvalue weighted by Gasteiger charge is -2.09. The summed E-state index contributed by atoms with van der Waals surface area (Å²) in [6, 6.07) is 0.224. The third kappa shape index (κ3) is 3.30. The lowest BCUT2D eigenvalue weighted by molar-refractivity contribution is 0.413. The molecule has 2 heteroatoms. The van der Waals surface area contributed by atoms with E-state index in [1.165, 1.54) is 0 Å². The maximum Gasteiger partial charge on any atom is 0.0894 e. The fraction of sp³-hybridized carbons (Fsp3) is 0.500. The van der Waals surface area contributed by atoms with Crippen LogP contribution in [0.25, 0.3) is 0 Å². The Morgan fingerprint density at radius 3 is 2.50 bits per heavy atom. The predicted molar refractivity (Wildman–Crippen MR) is 44.0 cm³/mol. The summed E-state index contributed by atoms with van der Waals surface area (Å²) in [7, 11) is 1.86. The van der Waals surface area contributed by atoms with E-state index < -0.39 is 0 Å². The molecule has 0 aromatic rings. The lowest BCUT2D eigenvalue weighted by atomic mass is 10.1. The maximum atomic E-state index is 8.84.